The van der Waals surface area contributed by atoms with Crippen molar-refractivity contribution in [3.63, 3.8) is 0 Å². The quantitative estimate of drug-likeness (QED) is 0.835. The molecule has 0 saturated heterocycles. The van der Waals surface area contributed by atoms with Crippen LogP contribution in [0.5, 0.6) is 0 Å². The molecule has 0 saturated carbocycles. The van der Waals surface area contributed by atoms with Gasteiger partial charge in [0.15, 0.2) is 0 Å². The van der Waals surface area contributed by atoms with E-state index < -0.39 is 10.0 Å². The number of hydrogen-bond acceptors (Lipinski definition) is 4. The molecule has 2 aromatic rings. The number of nitrogen functional groups attached to an aromatic ring is 1. The van der Waals surface area contributed by atoms with E-state index in [1.807, 2.05) is 20.8 Å². The summed E-state index contributed by atoms with van der Waals surface area (Å²) >= 11 is 0. The van der Waals surface area contributed by atoms with Crippen LogP contribution in [0, 0.1) is 20.8 Å². The minimum Gasteiger partial charge on any atom is -0.397 e. The van der Waals surface area contributed by atoms with Gasteiger partial charge >= 0.3 is 0 Å². The van der Waals surface area contributed by atoms with Crippen LogP contribution in [-0.2, 0) is 10.0 Å². The van der Waals surface area contributed by atoms with E-state index in [0.717, 1.165) is 17.0 Å². The summed E-state index contributed by atoms with van der Waals surface area (Å²) in [5.41, 5.74) is 10.0. The summed E-state index contributed by atoms with van der Waals surface area (Å²) in [6, 6.07) is 4.62. The monoisotopic (exact) mass is 294 g/mol. The predicted octanol–water partition coefficient (Wildman–Crippen LogP) is 1.29. The van der Waals surface area contributed by atoms with Crippen molar-refractivity contribution in [1.29, 1.82) is 0 Å². The van der Waals surface area contributed by atoms with Gasteiger partial charge < -0.3 is 5.73 Å². The summed E-state index contributed by atoms with van der Waals surface area (Å²) in [6.07, 6.45) is 0. The highest BCUT2D eigenvalue weighted by Gasteiger charge is 2.16. The Labute approximate surface area is 118 Å². The third kappa shape index (κ3) is 2.30. The van der Waals surface area contributed by atoms with Crippen molar-refractivity contribution >= 4 is 15.7 Å². The van der Waals surface area contributed by atoms with Gasteiger partial charge in [0.1, 0.15) is 0 Å². The van der Waals surface area contributed by atoms with Crippen LogP contribution in [0.3, 0.4) is 0 Å². The lowest BCUT2D eigenvalue weighted by Crippen LogP contribution is -2.19. The topological polar surface area (TPSA) is 90.0 Å². The number of nitrogens with zero attached hydrogens (tertiary/aromatic N) is 2. The summed E-state index contributed by atoms with van der Waals surface area (Å²) in [4.78, 5) is 0.138. The van der Waals surface area contributed by atoms with Crippen LogP contribution in [0.25, 0.3) is 5.69 Å². The summed E-state index contributed by atoms with van der Waals surface area (Å²) in [5, 5.41) is 4.42. The molecule has 0 atom stereocenters. The Kier molecular flexibility index (Phi) is 3.58. The third-order valence-electron chi connectivity index (χ3n) is 3.46. The van der Waals surface area contributed by atoms with E-state index in [9.17, 15) is 8.42 Å². The molecule has 1 aromatic heterocycles. The molecule has 1 aromatic carbocycles. The molecule has 0 unspecified atom stereocenters. The number of sulfonamides is 1. The van der Waals surface area contributed by atoms with Crippen LogP contribution in [0.15, 0.2) is 23.1 Å². The minimum absolute atomic E-state index is 0.138. The van der Waals surface area contributed by atoms with Crippen molar-refractivity contribution in [2.24, 2.45) is 0 Å². The SMILES string of the molecule is CNS(=O)(=O)c1ccc(-n2nc(C)c(C)c2C)c(N)c1. The molecule has 0 aliphatic carbocycles. The van der Waals surface area contributed by atoms with Crippen molar-refractivity contribution in [2.45, 2.75) is 25.7 Å². The van der Waals surface area contributed by atoms with Crippen LogP contribution in [-0.4, -0.2) is 25.2 Å². The van der Waals surface area contributed by atoms with Gasteiger partial charge in [-0.1, -0.05) is 0 Å². The first-order valence-corrected chi connectivity index (χ1v) is 7.62. The standard InChI is InChI=1S/C13H18N4O2S/c1-8-9(2)16-17(10(8)3)13-6-5-11(7-12(13)14)20(18,19)15-4/h5-7,15H,14H2,1-4H3. The van der Waals surface area contributed by atoms with Crippen molar-refractivity contribution in [1.82, 2.24) is 14.5 Å². The predicted molar refractivity (Wildman–Crippen MR) is 78.4 cm³/mol. The molecule has 0 amide bonds. The molecule has 7 heteroatoms. The number of benzene rings is 1. The van der Waals surface area contributed by atoms with Gasteiger partial charge in [-0.3, -0.25) is 0 Å². The second kappa shape index (κ2) is 4.92. The number of anilines is 1. The molecule has 108 valence electrons. The lowest BCUT2D eigenvalue weighted by molar-refractivity contribution is 0.588. The van der Waals surface area contributed by atoms with E-state index >= 15 is 0 Å². The van der Waals surface area contributed by atoms with E-state index in [4.69, 9.17) is 5.73 Å². The van der Waals surface area contributed by atoms with Crippen LogP contribution in [0.2, 0.25) is 0 Å². The number of nitrogens with one attached hydrogen (secondary N) is 1. The Morgan fingerprint density at radius 3 is 2.35 bits per heavy atom. The zero-order valence-corrected chi connectivity index (χ0v) is 12.7. The lowest BCUT2D eigenvalue weighted by atomic mass is 10.2. The largest absolute Gasteiger partial charge is 0.397 e. The number of rotatable bonds is 3. The smallest absolute Gasteiger partial charge is 0.240 e. The number of hydrogen-bond donors (Lipinski definition) is 2. The molecule has 0 bridgehead atoms. The molecule has 6 nitrogen and oxygen atoms in total. The fourth-order valence-corrected chi connectivity index (χ4v) is 2.73. The van der Waals surface area contributed by atoms with Gasteiger partial charge in [-0.25, -0.2) is 17.8 Å². The van der Waals surface area contributed by atoms with Crippen LogP contribution < -0.4 is 10.5 Å². The van der Waals surface area contributed by atoms with E-state index in [0.29, 0.717) is 11.4 Å². The molecule has 0 spiro atoms. The van der Waals surface area contributed by atoms with Crippen molar-refractivity contribution in [2.75, 3.05) is 12.8 Å². The molecule has 0 aliphatic rings. The van der Waals surface area contributed by atoms with E-state index in [2.05, 4.69) is 9.82 Å². The maximum absolute atomic E-state index is 11.7. The van der Waals surface area contributed by atoms with Gasteiger partial charge in [-0.2, -0.15) is 5.10 Å². The second-order valence-corrected chi connectivity index (χ2v) is 6.52. The van der Waals surface area contributed by atoms with Crippen molar-refractivity contribution < 1.29 is 8.42 Å². The molecule has 1 heterocycles. The number of aryl methyl sites for hydroxylation is 1. The maximum atomic E-state index is 11.7. The van der Waals surface area contributed by atoms with Gasteiger partial charge in [0.2, 0.25) is 10.0 Å². The van der Waals surface area contributed by atoms with E-state index in [1.54, 1.807) is 10.7 Å². The molecular formula is C13H18N4O2S. The van der Waals surface area contributed by atoms with E-state index in [-0.39, 0.29) is 4.90 Å². The fraction of sp³-hybridized carbons (Fsp3) is 0.308. The zero-order chi connectivity index (χ0) is 15.1. The summed E-state index contributed by atoms with van der Waals surface area (Å²) < 4.78 is 27.5. The molecule has 0 fully saturated rings. The zero-order valence-electron chi connectivity index (χ0n) is 11.9. The Balaban J connectivity index is 2.58. The molecule has 20 heavy (non-hydrogen) atoms. The first kappa shape index (κ1) is 14.5. The fourth-order valence-electron chi connectivity index (χ4n) is 1.97. The van der Waals surface area contributed by atoms with Gasteiger partial charge in [0, 0.05) is 5.69 Å². The number of aromatic nitrogens is 2. The van der Waals surface area contributed by atoms with Gasteiger partial charge in [0.05, 0.1) is 22.0 Å². The minimum atomic E-state index is -3.49. The Bertz CT molecular complexity index is 763. The van der Waals surface area contributed by atoms with Crippen molar-refractivity contribution in [3.05, 3.63) is 35.2 Å². The number of nitrogens with two attached hydrogens (primary N) is 1. The Hall–Kier alpha value is -1.86. The van der Waals surface area contributed by atoms with Crippen LogP contribution >= 0.6 is 0 Å². The summed E-state index contributed by atoms with van der Waals surface area (Å²) in [5.74, 6) is 0. The lowest BCUT2D eigenvalue weighted by Gasteiger charge is -2.10. The highest BCUT2D eigenvalue weighted by Crippen LogP contribution is 2.24. The summed E-state index contributed by atoms with van der Waals surface area (Å²) in [7, 11) is -2.13. The molecular weight excluding hydrogens is 276 g/mol. The first-order chi connectivity index (χ1) is 9.27. The van der Waals surface area contributed by atoms with E-state index in [1.165, 1.54) is 19.2 Å². The van der Waals surface area contributed by atoms with Crippen LogP contribution in [0.4, 0.5) is 5.69 Å². The van der Waals surface area contributed by atoms with Crippen molar-refractivity contribution in [3.8, 4) is 5.69 Å². The summed E-state index contributed by atoms with van der Waals surface area (Å²) in [6.45, 7) is 5.87. The average molecular weight is 294 g/mol. The Morgan fingerprint density at radius 2 is 1.90 bits per heavy atom. The van der Waals surface area contributed by atoms with Crippen LogP contribution in [0.1, 0.15) is 17.0 Å². The maximum Gasteiger partial charge on any atom is 0.240 e. The molecule has 2 rings (SSSR count). The third-order valence-corrected chi connectivity index (χ3v) is 4.87. The Morgan fingerprint density at radius 1 is 1.25 bits per heavy atom. The normalized spacial score (nSPS) is 11.8. The average Bonchev–Trinajstić information content (AvgIpc) is 2.66. The highest BCUT2D eigenvalue weighted by atomic mass is 32.2. The van der Waals surface area contributed by atoms with Gasteiger partial charge in [-0.05, 0) is 51.6 Å². The van der Waals surface area contributed by atoms with Gasteiger partial charge in [0.25, 0.3) is 0 Å². The first-order valence-electron chi connectivity index (χ1n) is 6.14. The molecule has 0 radical (unpaired) electrons. The van der Waals surface area contributed by atoms with Gasteiger partial charge in [-0.15, -0.1) is 0 Å². The second-order valence-electron chi connectivity index (χ2n) is 4.64. The highest BCUT2D eigenvalue weighted by molar-refractivity contribution is 7.89. The molecule has 0 aliphatic heterocycles. The molecule has 3 N–H and O–H groups in total.